The summed E-state index contributed by atoms with van der Waals surface area (Å²) in [7, 11) is 0. The number of rotatable bonds is 10. The van der Waals surface area contributed by atoms with E-state index in [1.807, 2.05) is 91.0 Å². The highest BCUT2D eigenvalue weighted by Crippen LogP contribution is 2.32. The Morgan fingerprint density at radius 1 is 0.667 bits per heavy atom. The summed E-state index contributed by atoms with van der Waals surface area (Å²) in [4.78, 5) is 0. The highest BCUT2D eigenvalue weighted by Gasteiger charge is 2.47. The van der Waals surface area contributed by atoms with E-state index in [-0.39, 0.29) is 13.2 Å². The maximum Gasteiger partial charge on any atom is 0.165 e. The van der Waals surface area contributed by atoms with Crippen LogP contribution in [0.4, 0.5) is 4.39 Å². The van der Waals surface area contributed by atoms with Gasteiger partial charge in [0.2, 0.25) is 0 Å². The molecule has 0 N–H and O–H groups in total. The van der Waals surface area contributed by atoms with E-state index in [2.05, 4.69) is 15.9 Å². The molecule has 0 aromatic heterocycles. The lowest BCUT2D eigenvalue weighted by Gasteiger charge is -2.41. The van der Waals surface area contributed by atoms with Gasteiger partial charge in [-0.1, -0.05) is 107 Å². The van der Waals surface area contributed by atoms with Crippen LogP contribution in [-0.4, -0.2) is 36.1 Å². The van der Waals surface area contributed by atoms with Crippen LogP contribution in [0.25, 0.3) is 0 Å². The third-order valence-corrected chi connectivity index (χ3v) is 6.24. The van der Waals surface area contributed by atoms with Gasteiger partial charge >= 0.3 is 0 Å². The van der Waals surface area contributed by atoms with Crippen molar-refractivity contribution in [3.63, 3.8) is 0 Å². The molecule has 1 aliphatic rings. The lowest BCUT2D eigenvalue weighted by Crippen LogP contribution is -2.57. The van der Waals surface area contributed by atoms with E-state index in [9.17, 15) is 0 Å². The zero-order valence-corrected chi connectivity index (χ0v) is 19.9. The van der Waals surface area contributed by atoms with Crippen LogP contribution in [0.15, 0.2) is 91.0 Å². The van der Waals surface area contributed by atoms with Crippen LogP contribution in [0.1, 0.15) is 16.7 Å². The fourth-order valence-corrected chi connectivity index (χ4v) is 4.36. The second kappa shape index (κ2) is 12.4. The monoisotopic (exact) mass is 514 g/mol. The molecule has 1 saturated heterocycles. The normalized spacial score (nSPS) is 25.1. The maximum absolute atomic E-state index is 15.3. The molecule has 0 bridgehead atoms. The number of hydrogen-bond donors (Lipinski definition) is 0. The standard InChI is InChI=1S/C27H28BrFO4/c28-27-24(29)26(32-18-22-14-8-3-9-15-22)25(31-17-21-12-6-2-7-13-21)23(33-27)19-30-16-20-10-4-1-5-11-20/h1-15,23-27H,16-19H2/t23-,24-,25-,26-,27+/m1/s1. The molecular weight excluding hydrogens is 487 g/mol. The fraction of sp³-hybridized carbons (Fsp3) is 0.333. The summed E-state index contributed by atoms with van der Waals surface area (Å²) in [6.45, 7) is 1.31. The molecule has 1 aliphatic heterocycles. The maximum atomic E-state index is 15.3. The van der Waals surface area contributed by atoms with Gasteiger partial charge < -0.3 is 18.9 Å². The van der Waals surface area contributed by atoms with Crippen molar-refractivity contribution >= 4 is 15.9 Å². The van der Waals surface area contributed by atoms with Crippen LogP contribution in [0.5, 0.6) is 0 Å². The summed E-state index contributed by atoms with van der Waals surface area (Å²) in [6.07, 6.45) is -3.32. The minimum atomic E-state index is -1.39. The van der Waals surface area contributed by atoms with Gasteiger partial charge in [-0.25, -0.2) is 4.39 Å². The third-order valence-electron chi connectivity index (χ3n) is 5.52. The lowest BCUT2D eigenvalue weighted by molar-refractivity contribution is -0.228. The second-order valence-electron chi connectivity index (χ2n) is 7.99. The van der Waals surface area contributed by atoms with E-state index in [4.69, 9.17) is 18.9 Å². The third kappa shape index (κ3) is 6.95. The SMILES string of the molecule is F[C@@H]1[C@@H](OCc2ccccc2)[C@H](OCc2ccccc2)[C@@H](COCc2ccccc2)O[C@@H]1Br. The van der Waals surface area contributed by atoms with E-state index >= 15 is 4.39 Å². The predicted octanol–water partition coefficient (Wildman–Crippen LogP) is 5.83. The van der Waals surface area contributed by atoms with Crippen molar-refractivity contribution in [3.8, 4) is 0 Å². The molecule has 3 aromatic rings. The smallest absolute Gasteiger partial charge is 0.165 e. The molecule has 0 radical (unpaired) electrons. The molecule has 4 rings (SSSR count). The molecule has 5 atom stereocenters. The van der Waals surface area contributed by atoms with Crippen LogP contribution in [0.3, 0.4) is 0 Å². The van der Waals surface area contributed by atoms with Crippen molar-refractivity contribution in [2.75, 3.05) is 6.61 Å². The summed E-state index contributed by atoms with van der Waals surface area (Å²) in [6, 6.07) is 29.4. The van der Waals surface area contributed by atoms with Crippen molar-refractivity contribution in [2.45, 2.75) is 49.3 Å². The zero-order valence-electron chi connectivity index (χ0n) is 18.3. The van der Waals surface area contributed by atoms with Crippen LogP contribution in [-0.2, 0) is 38.8 Å². The molecule has 0 amide bonds. The molecule has 0 spiro atoms. The Morgan fingerprint density at radius 2 is 1.12 bits per heavy atom. The van der Waals surface area contributed by atoms with Crippen molar-refractivity contribution in [2.24, 2.45) is 0 Å². The molecule has 0 unspecified atom stereocenters. The van der Waals surface area contributed by atoms with Crippen LogP contribution >= 0.6 is 15.9 Å². The van der Waals surface area contributed by atoms with Gasteiger partial charge in [-0.15, -0.1) is 0 Å². The largest absolute Gasteiger partial charge is 0.374 e. The van der Waals surface area contributed by atoms with Crippen molar-refractivity contribution < 1.29 is 23.3 Å². The highest BCUT2D eigenvalue weighted by molar-refractivity contribution is 9.09. The molecule has 33 heavy (non-hydrogen) atoms. The van der Waals surface area contributed by atoms with Gasteiger partial charge in [0.25, 0.3) is 0 Å². The van der Waals surface area contributed by atoms with E-state index in [1.165, 1.54) is 0 Å². The molecule has 1 fully saturated rings. The van der Waals surface area contributed by atoms with E-state index < -0.39 is 29.5 Å². The van der Waals surface area contributed by atoms with Crippen molar-refractivity contribution in [3.05, 3.63) is 108 Å². The van der Waals surface area contributed by atoms with Crippen LogP contribution in [0, 0.1) is 0 Å². The first-order valence-electron chi connectivity index (χ1n) is 11.1. The fourth-order valence-electron chi connectivity index (χ4n) is 3.78. The number of ether oxygens (including phenoxy) is 4. The highest BCUT2D eigenvalue weighted by atomic mass is 79.9. The Kier molecular flexibility index (Phi) is 9.03. The Bertz CT molecular complexity index is 944. The summed E-state index contributed by atoms with van der Waals surface area (Å²) < 4.78 is 39.4. The average molecular weight is 515 g/mol. The van der Waals surface area contributed by atoms with Gasteiger partial charge in [0, 0.05) is 0 Å². The predicted molar refractivity (Wildman–Crippen MR) is 129 cm³/mol. The van der Waals surface area contributed by atoms with Gasteiger partial charge in [-0.3, -0.25) is 0 Å². The second-order valence-corrected chi connectivity index (χ2v) is 8.90. The number of alkyl halides is 2. The number of benzene rings is 3. The Balaban J connectivity index is 1.46. The van der Waals surface area contributed by atoms with Gasteiger partial charge in [0.05, 0.1) is 26.4 Å². The Morgan fingerprint density at radius 3 is 1.64 bits per heavy atom. The average Bonchev–Trinajstić information content (AvgIpc) is 2.86. The molecular formula is C27H28BrFO4. The molecule has 4 nitrogen and oxygen atoms in total. The van der Waals surface area contributed by atoms with Gasteiger partial charge in [-0.05, 0) is 16.7 Å². The van der Waals surface area contributed by atoms with Gasteiger partial charge in [-0.2, -0.15) is 0 Å². The lowest BCUT2D eigenvalue weighted by atomic mass is 10.0. The van der Waals surface area contributed by atoms with Gasteiger partial charge in [0.1, 0.15) is 23.3 Å². The van der Waals surface area contributed by atoms with E-state index in [0.717, 1.165) is 16.7 Å². The first kappa shape index (κ1) is 24.0. The first-order chi connectivity index (χ1) is 16.2. The molecule has 174 valence electrons. The zero-order chi connectivity index (χ0) is 22.9. The molecule has 0 aliphatic carbocycles. The summed E-state index contributed by atoms with van der Waals surface area (Å²) in [5.74, 6) is 0. The Labute approximate surface area is 202 Å². The van der Waals surface area contributed by atoms with Crippen molar-refractivity contribution in [1.82, 2.24) is 0 Å². The topological polar surface area (TPSA) is 36.9 Å². The first-order valence-corrected chi connectivity index (χ1v) is 12.0. The number of halogens is 2. The molecule has 0 saturated carbocycles. The minimum Gasteiger partial charge on any atom is -0.374 e. The van der Waals surface area contributed by atoms with E-state index in [0.29, 0.717) is 13.2 Å². The summed E-state index contributed by atoms with van der Waals surface area (Å²) in [5, 5.41) is -0.805. The van der Waals surface area contributed by atoms with Gasteiger partial charge in [0.15, 0.2) is 6.17 Å². The minimum absolute atomic E-state index is 0.258. The van der Waals surface area contributed by atoms with Crippen LogP contribution < -0.4 is 0 Å². The quantitative estimate of drug-likeness (QED) is 0.319. The Hall–Kier alpha value is -2.09. The van der Waals surface area contributed by atoms with Crippen LogP contribution in [0.2, 0.25) is 0 Å². The summed E-state index contributed by atoms with van der Waals surface area (Å²) >= 11 is 3.33. The molecule has 6 heteroatoms. The molecule has 3 aromatic carbocycles. The molecule has 1 heterocycles. The van der Waals surface area contributed by atoms with E-state index in [1.54, 1.807) is 0 Å². The summed E-state index contributed by atoms with van der Waals surface area (Å²) in [5.41, 5.74) is 3.03. The number of hydrogen-bond acceptors (Lipinski definition) is 4. The van der Waals surface area contributed by atoms with Crippen molar-refractivity contribution in [1.29, 1.82) is 0 Å².